The molecule has 1 aliphatic rings. The summed E-state index contributed by atoms with van der Waals surface area (Å²) in [5.41, 5.74) is 0.290. The second kappa shape index (κ2) is 6.00. The topological polar surface area (TPSA) is 69.6 Å². The second-order valence-corrected chi connectivity index (χ2v) is 4.83. The first-order valence-electron chi connectivity index (χ1n) is 6.52. The molecule has 1 fully saturated rings. The monoisotopic (exact) mass is 280 g/mol. The average Bonchev–Trinajstić information content (AvgIpc) is 3.21. The molecular weight excluding hydrogens is 263 g/mol. The van der Waals surface area contributed by atoms with E-state index in [4.69, 9.17) is 5.11 Å². The van der Waals surface area contributed by atoms with Crippen LogP contribution in [0.1, 0.15) is 30.1 Å². The summed E-state index contributed by atoms with van der Waals surface area (Å²) in [5, 5.41) is 11.5. The Morgan fingerprint density at radius 2 is 2.15 bits per heavy atom. The lowest BCUT2D eigenvalue weighted by molar-refractivity contribution is -0.114. The van der Waals surface area contributed by atoms with E-state index < -0.39 is 11.7 Å². The van der Waals surface area contributed by atoms with Crippen LogP contribution >= 0.6 is 0 Å². The van der Waals surface area contributed by atoms with Gasteiger partial charge in [0.1, 0.15) is 5.82 Å². The van der Waals surface area contributed by atoms with Gasteiger partial charge in [-0.2, -0.15) is 0 Å². The van der Waals surface area contributed by atoms with Gasteiger partial charge < -0.3 is 15.3 Å². The number of rotatable bonds is 5. The van der Waals surface area contributed by atoms with Gasteiger partial charge in [0.25, 0.3) is 5.91 Å². The van der Waals surface area contributed by atoms with Crippen LogP contribution in [0, 0.1) is 5.82 Å². The normalized spacial score (nSPS) is 13.9. The number of nitrogens with one attached hydrogen (secondary N) is 1. The lowest BCUT2D eigenvalue weighted by Crippen LogP contribution is -2.36. The number of nitrogens with zero attached hydrogens (tertiary/aromatic N) is 1. The summed E-state index contributed by atoms with van der Waals surface area (Å²) in [6.45, 7) is 1.37. The van der Waals surface area contributed by atoms with Gasteiger partial charge in [0.15, 0.2) is 0 Å². The standard InChI is InChI=1S/C14H17FN2O3/c1-9(19)16-10-2-5-13(15)12(8-10)14(20)17(6-7-18)11-3-4-11/h2,5,8,11,18H,3-4,6-7H2,1H3,(H,16,19). The Labute approximate surface area is 116 Å². The highest BCUT2D eigenvalue weighted by atomic mass is 19.1. The van der Waals surface area contributed by atoms with Gasteiger partial charge in [-0.15, -0.1) is 0 Å². The van der Waals surface area contributed by atoms with Crippen LogP contribution in [-0.4, -0.2) is 41.0 Å². The van der Waals surface area contributed by atoms with E-state index in [1.807, 2.05) is 0 Å². The van der Waals surface area contributed by atoms with Crippen molar-refractivity contribution < 1.29 is 19.1 Å². The van der Waals surface area contributed by atoms with Gasteiger partial charge in [-0.1, -0.05) is 0 Å². The molecule has 1 aromatic rings. The van der Waals surface area contributed by atoms with E-state index in [1.54, 1.807) is 0 Å². The summed E-state index contributed by atoms with van der Waals surface area (Å²) in [4.78, 5) is 24.8. The minimum atomic E-state index is -0.632. The molecule has 2 rings (SSSR count). The van der Waals surface area contributed by atoms with Crippen LogP contribution in [-0.2, 0) is 4.79 Å². The van der Waals surface area contributed by atoms with Crippen molar-refractivity contribution in [2.75, 3.05) is 18.5 Å². The number of halogens is 1. The van der Waals surface area contributed by atoms with Crippen molar-refractivity contribution in [2.24, 2.45) is 0 Å². The number of benzene rings is 1. The molecule has 5 nitrogen and oxygen atoms in total. The van der Waals surface area contributed by atoms with Crippen molar-refractivity contribution >= 4 is 17.5 Å². The van der Waals surface area contributed by atoms with Gasteiger partial charge in [0, 0.05) is 25.2 Å². The van der Waals surface area contributed by atoms with Gasteiger partial charge in [-0.25, -0.2) is 4.39 Å². The van der Waals surface area contributed by atoms with E-state index >= 15 is 0 Å². The van der Waals surface area contributed by atoms with E-state index in [0.29, 0.717) is 5.69 Å². The first-order valence-corrected chi connectivity index (χ1v) is 6.52. The molecule has 20 heavy (non-hydrogen) atoms. The minimum absolute atomic E-state index is 0.0819. The predicted octanol–water partition coefficient (Wildman–Crippen LogP) is 1.38. The average molecular weight is 280 g/mol. The van der Waals surface area contributed by atoms with Crippen molar-refractivity contribution in [3.05, 3.63) is 29.6 Å². The molecule has 0 bridgehead atoms. The zero-order valence-corrected chi connectivity index (χ0v) is 11.2. The number of carbonyl (C=O) groups excluding carboxylic acids is 2. The maximum Gasteiger partial charge on any atom is 0.257 e. The fourth-order valence-corrected chi connectivity index (χ4v) is 2.07. The largest absolute Gasteiger partial charge is 0.395 e. The molecule has 1 aromatic carbocycles. The quantitative estimate of drug-likeness (QED) is 0.856. The fourth-order valence-electron chi connectivity index (χ4n) is 2.07. The molecule has 2 amide bonds. The van der Waals surface area contributed by atoms with Crippen molar-refractivity contribution in [3.63, 3.8) is 0 Å². The molecule has 0 heterocycles. The van der Waals surface area contributed by atoms with Gasteiger partial charge in [0.2, 0.25) is 5.91 Å². The molecule has 0 aromatic heterocycles. The SMILES string of the molecule is CC(=O)Nc1ccc(F)c(C(=O)N(CCO)C2CC2)c1. The van der Waals surface area contributed by atoms with E-state index in [2.05, 4.69) is 5.32 Å². The number of aliphatic hydroxyl groups is 1. The molecule has 0 unspecified atom stereocenters. The highest BCUT2D eigenvalue weighted by molar-refractivity contribution is 5.97. The number of carbonyl (C=O) groups is 2. The molecule has 0 radical (unpaired) electrons. The number of amides is 2. The third-order valence-corrected chi connectivity index (χ3v) is 3.11. The summed E-state index contributed by atoms with van der Waals surface area (Å²) in [5.74, 6) is -1.37. The second-order valence-electron chi connectivity index (χ2n) is 4.83. The van der Waals surface area contributed by atoms with Crippen molar-refractivity contribution in [2.45, 2.75) is 25.8 Å². The molecule has 0 atom stereocenters. The fraction of sp³-hybridized carbons (Fsp3) is 0.429. The van der Waals surface area contributed by atoms with E-state index in [0.717, 1.165) is 18.9 Å². The van der Waals surface area contributed by atoms with Crippen molar-refractivity contribution in [1.29, 1.82) is 0 Å². The van der Waals surface area contributed by atoms with Crippen LogP contribution in [0.15, 0.2) is 18.2 Å². The lowest BCUT2D eigenvalue weighted by Gasteiger charge is -2.22. The number of anilines is 1. The Balaban J connectivity index is 2.25. The van der Waals surface area contributed by atoms with Crippen LogP contribution in [0.25, 0.3) is 0 Å². The zero-order chi connectivity index (χ0) is 14.7. The van der Waals surface area contributed by atoms with Gasteiger partial charge in [-0.05, 0) is 31.0 Å². The van der Waals surface area contributed by atoms with E-state index in [1.165, 1.54) is 24.0 Å². The number of hydrogen-bond donors (Lipinski definition) is 2. The van der Waals surface area contributed by atoms with Crippen LogP contribution in [0.5, 0.6) is 0 Å². The Hall–Kier alpha value is -1.95. The Morgan fingerprint density at radius 1 is 1.45 bits per heavy atom. The molecule has 0 saturated heterocycles. The maximum absolute atomic E-state index is 13.8. The van der Waals surface area contributed by atoms with Crippen LogP contribution in [0.3, 0.4) is 0 Å². The maximum atomic E-state index is 13.8. The number of aliphatic hydroxyl groups excluding tert-OH is 1. The highest BCUT2D eigenvalue weighted by Crippen LogP contribution is 2.29. The summed E-state index contributed by atoms with van der Waals surface area (Å²) >= 11 is 0. The molecule has 1 aliphatic carbocycles. The first-order chi connectivity index (χ1) is 9.52. The Bertz CT molecular complexity index is 529. The molecular formula is C14H17FN2O3. The van der Waals surface area contributed by atoms with Crippen LogP contribution < -0.4 is 5.32 Å². The first kappa shape index (κ1) is 14.5. The van der Waals surface area contributed by atoms with Gasteiger partial charge in [0.05, 0.1) is 12.2 Å². The molecule has 0 aliphatic heterocycles. The smallest absolute Gasteiger partial charge is 0.257 e. The zero-order valence-electron chi connectivity index (χ0n) is 11.2. The van der Waals surface area contributed by atoms with E-state index in [-0.39, 0.29) is 30.7 Å². The van der Waals surface area contributed by atoms with Gasteiger partial charge in [-0.3, -0.25) is 9.59 Å². The lowest BCUT2D eigenvalue weighted by atomic mass is 10.1. The summed E-state index contributed by atoms with van der Waals surface area (Å²) < 4.78 is 13.8. The van der Waals surface area contributed by atoms with Crippen LogP contribution in [0.4, 0.5) is 10.1 Å². The van der Waals surface area contributed by atoms with E-state index in [9.17, 15) is 14.0 Å². The third kappa shape index (κ3) is 3.33. The third-order valence-electron chi connectivity index (χ3n) is 3.11. The predicted molar refractivity (Wildman–Crippen MR) is 71.8 cm³/mol. The van der Waals surface area contributed by atoms with Crippen molar-refractivity contribution in [1.82, 2.24) is 4.90 Å². The summed E-state index contributed by atoms with van der Waals surface area (Å²) in [6, 6.07) is 3.97. The molecule has 0 spiro atoms. The minimum Gasteiger partial charge on any atom is -0.395 e. The van der Waals surface area contributed by atoms with Gasteiger partial charge >= 0.3 is 0 Å². The molecule has 108 valence electrons. The highest BCUT2D eigenvalue weighted by Gasteiger charge is 2.33. The summed E-state index contributed by atoms with van der Waals surface area (Å²) in [6.07, 6.45) is 1.75. The molecule has 6 heteroatoms. The van der Waals surface area contributed by atoms with Crippen LogP contribution in [0.2, 0.25) is 0 Å². The molecule has 1 saturated carbocycles. The summed E-state index contributed by atoms with van der Waals surface area (Å²) in [7, 11) is 0. The molecule has 2 N–H and O–H groups in total. The number of hydrogen-bond acceptors (Lipinski definition) is 3. The van der Waals surface area contributed by atoms with Crippen molar-refractivity contribution in [3.8, 4) is 0 Å². The Kier molecular flexibility index (Phi) is 4.34. The Morgan fingerprint density at radius 3 is 2.70 bits per heavy atom.